The highest BCUT2D eigenvalue weighted by molar-refractivity contribution is 6.05. The van der Waals surface area contributed by atoms with Gasteiger partial charge in [0.1, 0.15) is 0 Å². The summed E-state index contributed by atoms with van der Waals surface area (Å²) in [5.41, 5.74) is 2.18. The van der Waals surface area contributed by atoms with E-state index in [1.54, 1.807) is 0 Å². The molecule has 0 saturated carbocycles. The highest BCUT2D eigenvalue weighted by Crippen LogP contribution is 2.18. The lowest BCUT2D eigenvalue weighted by Crippen LogP contribution is -2.23. The standard InChI is InChI=1S/C16H20N6O/c1-12-5-7-13(8-6-12)19-16(23)14-15(18-11-17-14)20-21-22-9-3-2-4-10-22/h5-8,11H,2-4,9-10H2,1H3,(H,17,18)(H,19,23). The first-order chi connectivity index (χ1) is 11.2. The zero-order chi connectivity index (χ0) is 16.1. The van der Waals surface area contributed by atoms with Gasteiger partial charge in [-0.3, -0.25) is 9.80 Å². The first-order valence-corrected chi connectivity index (χ1v) is 7.80. The van der Waals surface area contributed by atoms with Gasteiger partial charge in [-0.2, -0.15) is 0 Å². The van der Waals surface area contributed by atoms with Crippen molar-refractivity contribution in [2.45, 2.75) is 26.2 Å². The van der Waals surface area contributed by atoms with Gasteiger partial charge in [-0.1, -0.05) is 22.9 Å². The van der Waals surface area contributed by atoms with Crippen molar-refractivity contribution in [2.75, 3.05) is 18.4 Å². The summed E-state index contributed by atoms with van der Waals surface area (Å²) in [4.78, 5) is 19.2. The lowest BCUT2D eigenvalue weighted by Gasteiger charge is -2.21. The van der Waals surface area contributed by atoms with Gasteiger partial charge in [0.2, 0.25) is 5.82 Å². The molecule has 120 valence electrons. The number of piperidine rings is 1. The number of nitrogens with one attached hydrogen (secondary N) is 2. The van der Waals surface area contributed by atoms with Crippen LogP contribution in [0, 0.1) is 6.92 Å². The number of H-pyrrole nitrogens is 1. The lowest BCUT2D eigenvalue weighted by atomic mass is 10.2. The Morgan fingerprint density at radius 1 is 1.22 bits per heavy atom. The summed E-state index contributed by atoms with van der Waals surface area (Å²) in [5, 5.41) is 13.0. The number of aryl methyl sites for hydroxylation is 1. The second-order valence-corrected chi connectivity index (χ2v) is 5.63. The van der Waals surface area contributed by atoms with E-state index in [9.17, 15) is 4.79 Å². The fourth-order valence-corrected chi connectivity index (χ4v) is 2.43. The Hall–Kier alpha value is -2.70. The maximum absolute atomic E-state index is 12.3. The molecule has 2 aromatic rings. The normalized spacial score (nSPS) is 15.1. The molecule has 7 nitrogen and oxygen atoms in total. The van der Waals surface area contributed by atoms with Gasteiger partial charge < -0.3 is 10.3 Å². The number of amides is 1. The first-order valence-electron chi connectivity index (χ1n) is 7.80. The molecule has 0 aliphatic carbocycles. The fourth-order valence-electron chi connectivity index (χ4n) is 2.43. The van der Waals surface area contributed by atoms with Crippen LogP contribution in [0.25, 0.3) is 0 Å². The first kappa shape index (κ1) is 15.2. The molecule has 0 atom stereocenters. The van der Waals surface area contributed by atoms with E-state index in [1.807, 2.05) is 36.2 Å². The molecule has 2 N–H and O–H groups in total. The van der Waals surface area contributed by atoms with Gasteiger partial charge in [0.25, 0.3) is 5.91 Å². The van der Waals surface area contributed by atoms with Gasteiger partial charge in [0, 0.05) is 18.8 Å². The summed E-state index contributed by atoms with van der Waals surface area (Å²) in [6, 6.07) is 7.61. The molecule has 23 heavy (non-hydrogen) atoms. The number of aromatic amines is 1. The van der Waals surface area contributed by atoms with Crippen LogP contribution in [0.3, 0.4) is 0 Å². The number of anilines is 1. The molecule has 1 aliphatic rings. The molecule has 1 saturated heterocycles. The quantitative estimate of drug-likeness (QED) is 0.848. The Labute approximate surface area is 134 Å². The van der Waals surface area contributed by atoms with E-state index in [0.717, 1.165) is 37.2 Å². The van der Waals surface area contributed by atoms with E-state index in [4.69, 9.17) is 0 Å². The molecule has 1 aromatic carbocycles. The maximum atomic E-state index is 12.3. The average Bonchev–Trinajstić information content (AvgIpc) is 3.05. The third-order valence-corrected chi connectivity index (χ3v) is 3.75. The zero-order valence-electron chi connectivity index (χ0n) is 13.1. The molecule has 2 heterocycles. The number of nitrogens with zero attached hydrogens (tertiary/aromatic N) is 4. The summed E-state index contributed by atoms with van der Waals surface area (Å²) in [6.45, 7) is 3.80. The Kier molecular flexibility index (Phi) is 4.65. The topological polar surface area (TPSA) is 85.7 Å². The van der Waals surface area contributed by atoms with E-state index < -0.39 is 0 Å². The number of hydrogen-bond donors (Lipinski definition) is 2. The molecule has 7 heteroatoms. The van der Waals surface area contributed by atoms with E-state index in [2.05, 4.69) is 25.6 Å². The molecule has 3 rings (SSSR count). The van der Waals surface area contributed by atoms with Crippen LogP contribution in [-0.4, -0.2) is 34.0 Å². The molecule has 1 aliphatic heterocycles. The van der Waals surface area contributed by atoms with Crippen molar-refractivity contribution in [3.8, 4) is 0 Å². The molecule has 0 spiro atoms. The zero-order valence-corrected chi connectivity index (χ0v) is 13.1. The fraction of sp³-hybridized carbons (Fsp3) is 0.375. The van der Waals surface area contributed by atoms with Gasteiger partial charge in [-0.25, -0.2) is 4.98 Å². The number of hydrogen-bond acceptors (Lipinski definition) is 4. The van der Waals surface area contributed by atoms with E-state index in [0.29, 0.717) is 11.5 Å². The number of carbonyl (C=O) groups excluding carboxylic acids is 1. The van der Waals surface area contributed by atoms with E-state index >= 15 is 0 Å². The molecule has 0 unspecified atom stereocenters. The van der Waals surface area contributed by atoms with Crippen molar-refractivity contribution in [3.05, 3.63) is 41.9 Å². The highest BCUT2D eigenvalue weighted by Gasteiger charge is 2.15. The average molecular weight is 312 g/mol. The van der Waals surface area contributed by atoms with Crippen molar-refractivity contribution in [1.82, 2.24) is 15.0 Å². The molecule has 1 aromatic heterocycles. The minimum absolute atomic E-state index is 0.279. The van der Waals surface area contributed by atoms with Crippen LogP contribution in [0.5, 0.6) is 0 Å². The summed E-state index contributed by atoms with van der Waals surface area (Å²) in [6.07, 6.45) is 4.94. The second kappa shape index (κ2) is 7.04. The largest absolute Gasteiger partial charge is 0.339 e. The molecule has 1 fully saturated rings. The number of imidazole rings is 1. The Morgan fingerprint density at radius 3 is 2.70 bits per heavy atom. The van der Waals surface area contributed by atoms with Crippen molar-refractivity contribution < 1.29 is 4.79 Å². The van der Waals surface area contributed by atoms with Gasteiger partial charge in [0.15, 0.2) is 5.69 Å². The Balaban J connectivity index is 1.68. The van der Waals surface area contributed by atoms with Crippen molar-refractivity contribution in [3.63, 3.8) is 0 Å². The number of carbonyl (C=O) groups is 1. The molecular weight excluding hydrogens is 292 g/mol. The minimum Gasteiger partial charge on any atom is -0.339 e. The third kappa shape index (κ3) is 3.94. The second-order valence-electron chi connectivity index (χ2n) is 5.63. The van der Waals surface area contributed by atoms with Crippen LogP contribution in [0.2, 0.25) is 0 Å². The molecular formula is C16H20N6O. The monoisotopic (exact) mass is 312 g/mol. The maximum Gasteiger partial charge on any atom is 0.276 e. The van der Waals surface area contributed by atoms with Crippen molar-refractivity contribution in [2.24, 2.45) is 10.3 Å². The van der Waals surface area contributed by atoms with Crippen LogP contribution >= 0.6 is 0 Å². The van der Waals surface area contributed by atoms with Crippen LogP contribution in [0.15, 0.2) is 40.9 Å². The number of aromatic nitrogens is 2. The predicted molar refractivity (Wildman–Crippen MR) is 87.7 cm³/mol. The SMILES string of the molecule is Cc1ccc(NC(=O)c2[nH]cnc2N=NN2CCCCC2)cc1. The van der Waals surface area contributed by atoms with Gasteiger partial charge in [-0.15, -0.1) is 5.11 Å². The Bertz CT molecular complexity index is 685. The van der Waals surface area contributed by atoms with Crippen molar-refractivity contribution >= 4 is 17.4 Å². The predicted octanol–water partition coefficient (Wildman–Crippen LogP) is 3.46. The van der Waals surface area contributed by atoms with Crippen LogP contribution in [0.1, 0.15) is 35.3 Å². The summed E-state index contributed by atoms with van der Waals surface area (Å²) >= 11 is 0. The molecule has 0 bridgehead atoms. The summed E-state index contributed by atoms with van der Waals surface area (Å²) in [7, 11) is 0. The van der Waals surface area contributed by atoms with E-state index in [-0.39, 0.29) is 5.91 Å². The van der Waals surface area contributed by atoms with Crippen molar-refractivity contribution in [1.29, 1.82) is 0 Å². The smallest absolute Gasteiger partial charge is 0.276 e. The van der Waals surface area contributed by atoms with Crippen LogP contribution in [-0.2, 0) is 0 Å². The van der Waals surface area contributed by atoms with Gasteiger partial charge >= 0.3 is 0 Å². The molecule has 1 amide bonds. The van der Waals surface area contributed by atoms with Crippen LogP contribution < -0.4 is 5.32 Å². The minimum atomic E-state index is -0.279. The Morgan fingerprint density at radius 2 is 1.96 bits per heavy atom. The number of benzene rings is 1. The highest BCUT2D eigenvalue weighted by atomic mass is 16.1. The number of rotatable bonds is 4. The van der Waals surface area contributed by atoms with Gasteiger partial charge in [-0.05, 0) is 38.3 Å². The third-order valence-electron chi connectivity index (χ3n) is 3.75. The van der Waals surface area contributed by atoms with Gasteiger partial charge in [0.05, 0.1) is 6.33 Å². The van der Waals surface area contributed by atoms with E-state index in [1.165, 1.54) is 12.7 Å². The van der Waals surface area contributed by atoms with Crippen LogP contribution in [0.4, 0.5) is 11.5 Å². The summed E-state index contributed by atoms with van der Waals surface area (Å²) in [5.74, 6) is 0.0270. The lowest BCUT2D eigenvalue weighted by molar-refractivity contribution is 0.102. The summed E-state index contributed by atoms with van der Waals surface area (Å²) < 4.78 is 0. The molecule has 0 radical (unpaired) electrons.